The fraction of sp³-hybridized carbons (Fsp3) is 0.312. The topological polar surface area (TPSA) is 79.6 Å². The average Bonchev–Trinajstić information content (AvgIpc) is 3.11. The molecule has 1 saturated heterocycles. The SMILES string of the molecule is O=C(c1ccoc1)N1CCC(NS(=O)(=O)c2ccc(F)c(Cl)c2)CC1. The minimum atomic E-state index is -3.80. The van der Waals surface area contributed by atoms with Crippen LogP contribution in [-0.4, -0.2) is 38.4 Å². The summed E-state index contributed by atoms with van der Waals surface area (Å²) < 4.78 is 45.4. The minimum absolute atomic E-state index is 0.0872. The van der Waals surface area contributed by atoms with Crippen molar-refractivity contribution in [1.29, 1.82) is 0 Å². The van der Waals surface area contributed by atoms with Crippen LogP contribution in [0.5, 0.6) is 0 Å². The summed E-state index contributed by atoms with van der Waals surface area (Å²) in [6, 6.07) is 4.55. The van der Waals surface area contributed by atoms with Crippen molar-refractivity contribution in [3.8, 4) is 0 Å². The highest BCUT2D eigenvalue weighted by Crippen LogP contribution is 2.21. The number of nitrogens with zero attached hydrogens (tertiary/aromatic N) is 1. The monoisotopic (exact) mass is 386 g/mol. The molecular weight excluding hydrogens is 371 g/mol. The third-order valence-corrected chi connectivity index (χ3v) is 5.88. The van der Waals surface area contributed by atoms with E-state index in [9.17, 15) is 17.6 Å². The Morgan fingerprint density at radius 1 is 1.28 bits per heavy atom. The maximum atomic E-state index is 13.2. The van der Waals surface area contributed by atoms with Gasteiger partial charge in [-0.05, 0) is 37.1 Å². The summed E-state index contributed by atoms with van der Waals surface area (Å²) >= 11 is 5.65. The minimum Gasteiger partial charge on any atom is -0.472 e. The van der Waals surface area contributed by atoms with Crippen molar-refractivity contribution in [2.75, 3.05) is 13.1 Å². The van der Waals surface area contributed by atoms with Gasteiger partial charge in [-0.3, -0.25) is 4.79 Å². The summed E-state index contributed by atoms with van der Waals surface area (Å²) in [6.07, 6.45) is 3.78. The summed E-state index contributed by atoms with van der Waals surface area (Å²) in [4.78, 5) is 13.8. The van der Waals surface area contributed by atoms with Crippen LogP contribution in [0.4, 0.5) is 4.39 Å². The number of nitrogens with one attached hydrogen (secondary N) is 1. The van der Waals surface area contributed by atoms with Gasteiger partial charge in [0, 0.05) is 19.1 Å². The summed E-state index contributed by atoms with van der Waals surface area (Å²) in [5.41, 5.74) is 0.472. The number of piperidine rings is 1. The van der Waals surface area contributed by atoms with Crippen molar-refractivity contribution in [3.05, 3.63) is 53.2 Å². The lowest BCUT2D eigenvalue weighted by molar-refractivity contribution is 0.0710. The zero-order valence-corrected chi connectivity index (χ0v) is 14.7. The largest absolute Gasteiger partial charge is 0.472 e. The Labute approximate surface area is 149 Å². The molecule has 2 aromatic rings. The normalized spacial score (nSPS) is 16.2. The van der Waals surface area contributed by atoms with Crippen LogP contribution in [0.2, 0.25) is 5.02 Å². The lowest BCUT2D eigenvalue weighted by atomic mass is 10.1. The molecule has 6 nitrogen and oxygen atoms in total. The molecular formula is C16H16ClFN2O4S. The van der Waals surface area contributed by atoms with Crippen molar-refractivity contribution in [2.45, 2.75) is 23.8 Å². The van der Waals surface area contributed by atoms with E-state index in [1.807, 2.05) is 0 Å². The number of likely N-dealkylation sites (tertiary alicyclic amines) is 1. The van der Waals surface area contributed by atoms with Gasteiger partial charge in [0.1, 0.15) is 12.1 Å². The fourth-order valence-corrected chi connectivity index (χ4v) is 4.28. The fourth-order valence-electron chi connectivity index (χ4n) is 2.70. The smallest absolute Gasteiger partial charge is 0.257 e. The number of rotatable bonds is 4. The number of amides is 1. The number of carbonyl (C=O) groups is 1. The van der Waals surface area contributed by atoms with Gasteiger partial charge in [-0.15, -0.1) is 0 Å². The van der Waals surface area contributed by atoms with Gasteiger partial charge in [0.15, 0.2) is 0 Å². The second-order valence-electron chi connectivity index (χ2n) is 5.78. The first-order valence-electron chi connectivity index (χ1n) is 7.66. The standard InChI is InChI=1S/C16H16ClFN2O4S/c17-14-9-13(1-2-15(14)18)25(22,23)19-12-3-6-20(7-4-12)16(21)11-5-8-24-10-11/h1-2,5,8-10,12,19H,3-4,6-7H2. The first-order valence-corrected chi connectivity index (χ1v) is 9.52. The molecule has 0 aliphatic carbocycles. The van der Waals surface area contributed by atoms with E-state index < -0.39 is 15.8 Å². The number of carbonyl (C=O) groups excluding carboxylic acids is 1. The van der Waals surface area contributed by atoms with Crippen LogP contribution in [0.15, 0.2) is 46.1 Å². The first kappa shape index (κ1) is 17.9. The third kappa shape index (κ3) is 4.02. The zero-order chi connectivity index (χ0) is 18.0. The van der Waals surface area contributed by atoms with Gasteiger partial charge in [-0.2, -0.15) is 0 Å². The van der Waals surface area contributed by atoms with Gasteiger partial charge in [0.05, 0.1) is 21.7 Å². The van der Waals surface area contributed by atoms with Crippen molar-refractivity contribution in [2.24, 2.45) is 0 Å². The van der Waals surface area contributed by atoms with Crippen LogP contribution >= 0.6 is 11.6 Å². The van der Waals surface area contributed by atoms with E-state index in [0.29, 0.717) is 31.5 Å². The molecule has 2 heterocycles. The van der Waals surface area contributed by atoms with E-state index in [1.54, 1.807) is 11.0 Å². The van der Waals surface area contributed by atoms with Gasteiger partial charge in [-0.25, -0.2) is 17.5 Å². The summed E-state index contributed by atoms with van der Waals surface area (Å²) in [5.74, 6) is -0.813. The van der Waals surface area contributed by atoms with E-state index in [-0.39, 0.29) is 21.9 Å². The van der Waals surface area contributed by atoms with Crippen LogP contribution < -0.4 is 4.72 Å². The van der Waals surface area contributed by atoms with Crippen LogP contribution in [0, 0.1) is 5.82 Å². The van der Waals surface area contributed by atoms with Crippen molar-refractivity contribution in [3.63, 3.8) is 0 Å². The summed E-state index contributed by atoms with van der Waals surface area (Å²) in [7, 11) is -3.80. The predicted molar refractivity (Wildman–Crippen MR) is 89.4 cm³/mol. The predicted octanol–water partition coefficient (Wildman–Crippen LogP) is 2.66. The van der Waals surface area contributed by atoms with E-state index in [2.05, 4.69) is 4.72 Å². The van der Waals surface area contributed by atoms with Gasteiger partial charge >= 0.3 is 0 Å². The number of hydrogen-bond donors (Lipinski definition) is 1. The molecule has 1 fully saturated rings. The molecule has 1 amide bonds. The van der Waals surface area contributed by atoms with E-state index in [1.165, 1.54) is 18.6 Å². The number of sulfonamides is 1. The molecule has 1 aromatic carbocycles. The van der Waals surface area contributed by atoms with Crippen molar-refractivity contribution >= 4 is 27.5 Å². The highest BCUT2D eigenvalue weighted by atomic mass is 35.5. The molecule has 1 aliphatic heterocycles. The Balaban J connectivity index is 1.61. The molecule has 3 rings (SSSR count). The second kappa shape index (κ2) is 7.15. The zero-order valence-electron chi connectivity index (χ0n) is 13.1. The molecule has 1 aliphatic rings. The van der Waals surface area contributed by atoms with Crippen LogP contribution in [0.3, 0.4) is 0 Å². The third-order valence-electron chi connectivity index (χ3n) is 4.07. The van der Waals surface area contributed by atoms with Crippen LogP contribution in [0.1, 0.15) is 23.2 Å². The lowest BCUT2D eigenvalue weighted by Crippen LogP contribution is -2.46. The number of furan rings is 1. The Bertz CT molecular complexity index is 862. The maximum Gasteiger partial charge on any atom is 0.257 e. The van der Waals surface area contributed by atoms with Gasteiger partial charge in [0.2, 0.25) is 10.0 Å². The average molecular weight is 387 g/mol. The lowest BCUT2D eigenvalue weighted by Gasteiger charge is -2.32. The van der Waals surface area contributed by atoms with Gasteiger partial charge in [0.25, 0.3) is 5.91 Å². The van der Waals surface area contributed by atoms with Gasteiger partial charge < -0.3 is 9.32 Å². The highest BCUT2D eigenvalue weighted by molar-refractivity contribution is 7.89. The maximum absolute atomic E-state index is 13.2. The Kier molecular flexibility index (Phi) is 5.12. The molecule has 25 heavy (non-hydrogen) atoms. The molecule has 0 spiro atoms. The molecule has 0 atom stereocenters. The number of benzene rings is 1. The molecule has 0 bridgehead atoms. The molecule has 0 unspecified atom stereocenters. The Morgan fingerprint density at radius 2 is 2.00 bits per heavy atom. The van der Waals surface area contributed by atoms with Crippen LogP contribution in [0.25, 0.3) is 0 Å². The quantitative estimate of drug-likeness (QED) is 0.876. The molecule has 0 saturated carbocycles. The Morgan fingerprint density at radius 3 is 2.60 bits per heavy atom. The summed E-state index contributed by atoms with van der Waals surface area (Å²) in [5, 5.41) is -0.247. The number of hydrogen-bond acceptors (Lipinski definition) is 4. The van der Waals surface area contributed by atoms with Crippen molar-refractivity contribution in [1.82, 2.24) is 9.62 Å². The molecule has 0 radical (unpaired) electrons. The van der Waals surface area contributed by atoms with E-state index in [4.69, 9.17) is 16.0 Å². The molecule has 1 N–H and O–H groups in total. The van der Waals surface area contributed by atoms with E-state index in [0.717, 1.165) is 12.1 Å². The highest BCUT2D eigenvalue weighted by Gasteiger charge is 2.27. The molecule has 1 aromatic heterocycles. The molecule has 134 valence electrons. The first-order chi connectivity index (χ1) is 11.9. The van der Waals surface area contributed by atoms with Gasteiger partial charge in [-0.1, -0.05) is 11.6 Å². The van der Waals surface area contributed by atoms with Crippen LogP contribution in [-0.2, 0) is 10.0 Å². The second-order valence-corrected chi connectivity index (χ2v) is 7.90. The van der Waals surface area contributed by atoms with Crippen molar-refractivity contribution < 1.29 is 22.0 Å². The van der Waals surface area contributed by atoms with E-state index >= 15 is 0 Å². The summed E-state index contributed by atoms with van der Waals surface area (Å²) in [6.45, 7) is 0.864. The number of halogens is 2. The molecule has 9 heteroatoms. The Hall–Kier alpha value is -1.90.